The minimum absolute atomic E-state index is 0.226. The Kier molecular flexibility index (Phi) is 5.80. The molecule has 0 amide bonds. The minimum atomic E-state index is -0.226. The van der Waals surface area contributed by atoms with Gasteiger partial charge in [-0.25, -0.2) is 4.98 Å². The number of aromatic nitrogens is 2. The van der Waals surface area contributed by atoms with Crippen LogP contribution in [0.1, 0.15) is 11.4 Å². The van der Waals surface area contributed by atoms with Gasteiger partial charge in [0.05, 0.1) is 31.7 Å². The Morgan fingerprint density at radius 2 is 1.87 bits per heavy atom. The monoisotopic (exact) mass is 460 g/mol. The first-order valence-electron chi connectivity index (χ1n) is 8.78. The van der Waals surface area contributed by atoms with Crippen LogP contribution in [0.5, 0.6) is 17.2 Å². The van der Waals surface area contributed by atoms with E-state index in [1.54, 1.807) is 43.8 Å². The molecule has 0 fully saturated rings. The zero-order chi connectivity index (χ0) is 21.3. The third kappa shape index (κ3) is 3.69. The Bertz CT molecular complexity index is 1270. The molecule has 0 aliphatic heterocycles. The van der Waals surface area contributed by atoms with Gasteiger partial charge in [-0.2, -0.15) is 0 Å². The van der Waals surface area contributed by atoms with Crippen molar-refractivity contribution in [2.75, 3.05) is 21.3 Å². The van der Waals surface area contributed by atoms with Crippen LogP contribution in [0, 0.1) is 0 Å². The standard InChI is InChI=1S/C21H17ClN2O4S2/c1-26-14-8-11(9-15(27-2)18(14)28-3)7-13(22)19-23-20(25)17-12(10-30-21(17)24-19)16-5-4-6-29-16/h4-10H,1-3H3,(H,23,24,25)/b13-7-. The van der Waals surface area contributed by atoms with E-state index in [1.165, 1.54) is 18.4 Å². The van der Waals surface area contributed by atoms with Crippen molar-refractivity contribution in [2.24, 2.45) is 0 Å². The van der Waals surface area contributed by atoms with Crippen LogP contribution in [0.25, 0.3) is 31.8 Å². The highest BCUT2D eigenvalue weighted by Gasteiger charge is 2.16. The average Bonchev–Trinajstić information content (AvgIpc) is 3.42. The summed E-state index contributed by atoms with van der Waals surface area (Å²) >= 11 is 9.50. The number of methoxy groups -OCH3 is 3. The van der Waals surface area contributed by atoms with E-state index >= 15 is 0 Å². The Morgan fingerprint density at radius 1 is 1.13 bits per heavy atom. The number of thiophene rings is 2. The van der Waals surface area contributed by atoms with Gasteiger partial charge in [-0.05, 0) is 35.2 Å². The highest BCUT2D eigenvalue weighted by Crippen LogP contribution is 2.39. The highest BCUT2D eigenvalue weighted by molar-refractivity contribution is 7.18. The number of hydrogen-bond acceptors (Lipinski definition) is 7. The van der Waals surface area contributed by atoms with Gasteiger partial charge in [0, 0.05) is 15.8 Å². The largest absolute Gasteiger partial charge is 0.493 e. The van der Waals surface area contributed by atoms with Crippen LogP contribution < -0.4 is 19.8 Å². The molecule has 1 aromatic carbocycles. The summed E-state index contributed by atoms with van der Waals surface area (Å²) in [5.74, 6) is 1.79. The molecule has 0 atom stereocenters. The van der Waals surface area contributed by atoms with Gasteiger partial charge < -0.3 is 19.2 Å². The number of ether oxygens (including phenoxy) is 3. The second-order valence-corrected chi connectivity index (χ2v) is 8.39. The number of nitrogens with zero attached hydrogens (tertiary/aromatic N) is 1. The molecule has 154 valence electrons. The molecule has 3 aromatic heterocycles. The molecule has 0 radical (unpaired) electrons. The van der Waals surface area contributed by atoms with Crippen molar-refractivity contribution < 1.29 is 14.2 Å². The summed E-state index contributed by atoms with van der Waals surface area (Å²) in [5.41, 5.74) is 1.37. The molecule has 0 unspecified atom stereocenters. The maximum absolute atomic E-state index is 12.8. The number of hydrogen-bond donors (Lipinski definition) is 1. The quantitative estimate of drug-likeness (QED) is 0.412. The smallest absolute Gasteiger partial charge is 0.260 e. The first-order valence-corrected chi connectivity index (χ1v) is 10.9. The van der Waals surface area contributed by atoms with Crippen LogP contribution in [0.4, 0.5) is 0 Å². The van der Waals surface area contributed by atoms with Gasteiger partial charge in [-0.3, -0.25) is 4.79 Å². The van der Waals surface area contributed by atoms with Gasteiger partial charge in [0.2, 0.25) is 5.75 Å². The van der Waals surface area contributed by atoms with Crippen LogP contribution >= 0.6 is 34.3 Å². The number of fused-ring (bicyclic) bond motifs is 1. The summed E-state index contributed by atoms with van der Waals surface area (Å²) in [4.78, 5) is 21.8. The summed E-state index contributed by atoms with van der Waals surface area (Å²) in [7, 11) is 4.63. The van der Waals surface area contributed by atoms with Crippen molar-refractivity contribution in [3.63, 3.8) is 0 Å². The predicted octanol–water partition coefficient (Wildman–Crippen LogP) is 5.48. The van der Waals surface area contributed by atoms with Gasteiger partial charge in [-0.15, -0.1) is 22.7 Å². The van der Waals surface area contributed by atoms with Crippen molar-refractivity contribution >= 4 is 55.6 Å². The lowest BCUT2D eigenvalue weighted by Crippen LogP contribution is -2.10. The molecule has 30 heavy (non-hydrogen) atoms. The fraction of sp³-hybridized carbons (Fsp3) is 0.143. The lowest BCUT2D eigenvalue weighted by atomic mass is 10.1. The van der Waals surface area contributed by atoms with Crippen LogP contribution in [0.3, 0.4) is 0 Å². The lowest BCUT2D eigenvalue weighted by molar-refractivity contribution is 0.324. The fourth-order valence-corrected chi connectivity index (χ4v) is 5.05. The van der Waals surface area contributed by atoms with E-state index in [4.69, 9.17) is 25.8 Å². The molecule has 0 aliphatic rings. The highest BCUT2D eigenvalue weighted by atomic mass is 35.5. The molecule has 0 aliphatic carbocycles. The first kappa shape index (κ1) is 20.5. The molecule has 6 nitrogen and oxygen atoms in total. The molecule has 9 heteroatoms. The molecule has 3 heterocycles. The number of benzene rings is 1. The zero-order valence-electron chi connectivity index (χ0n) is 16.3. The number of aromatic amines is 1. The second kappa shape index (κ2) is 8.51. The number of rotatable bonds is 6. The van der Waals surface area contributed by atoms with E-state index in [-0.39, 0.29) is 10.6 Å². The summed E-state index contributed by atoms with van der Waals surface area (Å²) < 4.78 is 16.1. The Balaban J connectivity index is 1.78. The van der Waals surface area contributed by atoms with Crippen molar-refractivity contribution in [1.82, 2.24) is 9.97 Å². The molecule has 0 saturated heterocycles. The molecule has 0 spiro atoms. The maximum Gasteiger partial charge on any atom is 0.260 e. The maximum atomic E-state index is 12.8. The Labute approximate surface area is 185 Å². The molecule has 4 rings (SSSR count). The van der Waals surface area contributed by atoms with Crippen LogP contribution in [0.2, 0.25) is 0 Å². The van der Waals surface area contributed by atoms with Crippen molar-refractivity contribution in [3.05, 3.63) is 56.8 Å². The third-order valence-electron chi connectivity index (χ3n) is 4.44. The number of halogens is 1. The third-order valence-corrected chi connectivity index (χ3v) is 6.50. The first-order chi connectivity index (χ1) is 14.5. The zero-order valence-corrected chi connectivity index (χ0v) is 18.7. The fourth-order valence-electron chi connectivity index (χ4n) is 3.07. The van der Waals surface area contributed by atoms with Gasteiger partial charge in [-0.1, -0.05) is 17.7 Å². The van der Waals surface area contributed by atoms with Crippen LogP contribution in [-0.4, -0.2) is 31.3 Å². The SMILES string of the molecule is COc1cc(/C=C(\Cl)c2nc3scc(-c4cccs4)c3c(=O)[nH]2)cc(OC)c1OC. The summed E-state index contributed by atoms with van der Waals surface area (Å²) in [5, 5.41) is 4.78. The minimum Gasteiger partial charge on any atom is -0.493 e. The summed E-state index contributed by atoms with van der Waals surface area (Å²) in [6.07, 6.45) is 1.68. The lowest BCUT2D eigenvalue weighted by Gasteiger charge is -2.13. The van der Waals surface area contributed by atoms with E-state index in [1.807, 2.05) is 22.9 Å². The van der Waals surface area contributed by atoms with Crippen LogP contribution in [0.15, 0.2) is 39.8 Å². The summed E-state index contributed by atoms with van der Waals surface area (Å²) in [6, 6.07) is 7.47. The van der Waals surface area contributed by atoms with E-state index in [0.29, 0.717) is 38.9 Å². The molecule has 4 aromatic rings. The van der Waals surface area contributed by atoms with Gasteiger partial charge in [0.15, 0.2) is 17.3 Å². The van der Waals surface area contributed by atoms with Crippen molar-refractivity contribution in [3.8, 4) is 27.7 Å². The van der Waals surface area contributed by atoms with E-state index in [2.05, 4.69) is 9.97 Å². The molecule has 0 bridgehead atoms. The van der Waals surface area contributed by atoms with Crippen molar-refractivity contribution in [2.45, 2.75) is 0 Å². The van der Waals surface area contributed by atoms with E-state index in [9.17, 15) is 4.79 Å². The number of nitrogens with one attached hydrogen (secondary N) is 1. The normalized spacial score (nSPS) is 11.7. The van der Waals surface area contributed by atoms with Gasteiger partial charge in [0.25, 0.3) is 5.56 Å². The van der Waals surface area contributed by atoms with Gasteiger partial charge >= 0.3 is 0 Å². The predicted molar refractivity (Wildman–Crippen MR) is 123 cm³/mol. The molecule has 0 saturated carbocycles. The van der Waals surface area contributed by atoms with E-state index in [0.717, 1.165) is 10.4 Å². The Hall–Kier alpha value is -2.81. The van der Waals surface area contributed by atoms with Crippen molar-refractivity contribution in [1.29, 1.82) is 0 Å². The van der Waals surface area contributed by atoms with Gasteiger partial charge in [0.1, 0.15) is 4.83 Å². The second-order valence-electron chi connectivity index (χ2n) is 6.17. The average molecular weight is 461 g/mol. The summed E-state index contributed by atoms with van der Waals surface area (Å²) in [6.45, 7) is 0. The molecule has 1 N–H and O–H groups in total. The Morgan fingerprint density at radius 3 is 2.47 bits per heavy atom. The molecular formula is C21H17ClN2O4S2. The molecular weight excluding hydrogens is 444 g/mol. The number of H-pyrrole nitrogens is 1. The van der Waals surface area contributed by atoms with Crippen LogP contribution in [-0.2, 0) is 0 Å². The van der Waals surface area contributed by atoms with E-state index < -0.39 is 0 Å². The topological polar surface area (TPSA) is 73.4 Å².